The molecule has 3 heterocycles. The molecule has 1 fully saturated rings. The highest BCUT2D eigenvalue weighted by atomic mass is 35.5. The smallest absolute Gasteiger partial charge is 0.275 e. The first-order chi connectivity index (χ1) is 20.4. The van der Waals surface area contributed by atoms with Gasteiger partial charge in [0.2, 0.25) is 5.58 Å². The monoisotopic (exact) mass is 620 g/mol. The van der Waals surface area contributed by atoms with E-state index in [-0.39, 0.29) is 47.1 Å². The maximum atomic E-state index is 13.1. The Hall–Kier alpha value is -3.24. The fourth-order valence-corrected chi connectivity index (χ4v) is 11.0. The molecule has 2 atom stereocenters. The fourth-order valence-electron chi connectivity index (χ4n) is 6.16. The molecule has 1 saturated heterocycles. The van der Waals surface area contributed by atoms with Gasteiger partial charge in [0.1, 0.15) is 10.5 Å². The highest BCUT2D eigenvalue weighted by Gasteiger charge is 2.50. The molecule has 1 amide bonds. The van der Waals surface area contributed by atoms with Gasteiger partial charge in [0.25, 0.3) is 14.2 Å². The van der Waals surface area contributed by atoms with Gasteiger partial charge in [-0.2, -0.15) is 0 Å². The molecular weight excluding hydrogens is 580 g/mol. The van der Waals surface area contributed by atoms with Crippen LogP contribution < -0.4 is 20.6 Å². The molecule has 2 aromatic heterocycles. The van der Waals surface area contributed by atoms with Gasteiger partial charge in [-0.1, -0.05) is 98.2 Å². The molecule has 0 unspecified atom stereocenters. The largest absolute Gasteiger partial charge is 0.401 e. The third kappa shape index (κ3) is 6.09. The summed E-state index contributed by atoms with van der Waals surface area (Å²) >= 11 is 7.14. The van der Waals surface area contributed by atoms with E-state index in [9.17, 15) is 4.79 Å². The maximum Gasteiger partial charge on any atom is 0.275 e. The minimum absolute atomic E-state index is 0.0110. The van der Waals surface area contributed by atoms with Crippen LogP contribution in [0.25, 0.3) is 11.1 Å². The number of benzene rings is 2. The fraction of sp³-hybridized carbons (Fsp3) is 0.424. The number of rotatable bonds is 8. The second-order valence-electron chi connectivity index (χ2n) is 12.7. The first-order valence-electron chi connectivity index (χ1n) is 14.9. The molecule has 1 aliphatic heterocycles. The van der Waals surface area contributed by atoms with Crippen molar-refractivity contribution in [3.63, 3.8) is 0 Å². The minimum Gasteiger partial charge on any atom is -0.401 e. The predicted molar refractivity (Wildman–Crippen MR) is 174 cm³/mol. The lowest BCUT2D eigenvalue weighted by Gasteiger charge is -2.43. The molecule has 0 saturated carbocycles. The van der Waals surface area contributed by atoms with Crippen LogP contribution in [0.15, 0.2) is 65.2 Å². The van der Waals surface area contributed by atoms with Crippen molar-refractivity contribution in [1.29, 1.82) is 0 Å². The molecule has 1 N–H and O–H groups in total. The van der Waals surface area contributed by atoms with Gasteiger partial charge in [0.15, 0.2) is 5.69 Å². The summed E-state index contributed by atoms with van der Waals surface area (Å²) in [5.74, 6) is -0.363. The van der Waals surface area contributed by atoms with Crippen molar-refractivity contribution in [2.75, 3.05) is 18.0 Å². The van der Waals surface area contributed by atoms with Crippen LogP contribution >= 0.6 is 11.6 Å². The minimum atomic E-state index is -2.90. The number of ether oxygens (including phenoxy) is 1. The third-order valence-corrected chi connectivity index (χ3v) is 13.1. The van der Waals surface area contributed by atoms with E-state index >= 15 is 0 Å². The number of fused-ring (bicyclic) bond motifs is 1. The molecule has 0 aliphatic carbocycles. The zero-order valence-corrected chi connectivity index (χ0v) is 27.7. The molecule has 0 spiro atoms. The first-order valence-corrected chi connectivity index (χ1v) is 17.1. The molecule has 43 heavy (non-hydrogen) atoms. The maximum absolute atomic E-state index is 13.1. The van der Waals surface area contributed by atoms with Crippen LogP contribution in [0, 0.1) is 0 Å². The van der Waals surface area contributed by atoms with Gasteiger partial charge < -0.3 is 23.9 Å². The number of pyridine rings is 1. The second kappa shape index (κ2) is 12.4. The summed E-state index contributed by atoms with van der Waals surface area (Å²) in [6, 6.07) is 20.9. The molecule has 228 valence electrons. The van der Waals surface area contributed by atoms with Crippen molar-refractivity contribution in [1.82, 2.24) is 15.5 Å². The van der Waals surface area contributed by atoms with Crippen molar-refractivity contribution in [3.05, 3.63) is 77.1 Å². The quantitative estimate of drug-likeness (QED) is 0.253. The molecule has 5 rings (SSSR count). The van der Waals surface area contributed by atoms with E-state index in [4.69, 9.17) is 30.3 Å². The number of aromatic nitrogens is 2. The predicted octanol–water partition coefficient (Wildman–Crippen LogP) is 5.70. The third-order valence-electron chi connectivity index (χ3n) is 7.81. The summed E-state index contributed by atoms with van der Waals surface area (Å²) in [7, 11) is -2.90. The Kier molecular flexibility index (Phi) is 8.99. The summed E-state index contributed by atoms with van der Waals surface area (Å²) in [6.45, 7) is 16.0. The lowest BCUT2D eigenvalue weighted by Crippen LogP contribution is -2.66. The SMILES string of the molecule is CC(C)NC(=O)c1noc2c(Cl)c(N3C[C@@H](C)O[C@@H](C)C3)c(CO[Si](c3ccccc3)(c3ccccc3)C(C)(C)C)nc12. The van der Waals surface area contributed by atoms with Crippen molar-refractivity contribution < 1.29 is 18.5 Å². The van der Waals surface area contributed by atoms with Crippen LogP contribution in [0.1, 0.15) is 64.6 Å². The summed E-state index contributed by atoms with van der Waals surface area (Å²) in [4.78, 5) is 20.3. The Balaban J connectivity index is 1.69. The highest BCUT2D eigenvalue weighted by molar-refractivity contribution is 6.99. The molecule has 0 bridgehead atoms. The zero-order chi connectivity index (χ0) is 30.9. The van der Waals surface area contributed by atoms with Crippen LogP contribution in [0.4, 0.5) is 5.69 Å². The Morgan fingerprint density at radius 3 is 2.12 bits per heavy atom. The molecule has 0 radical (unpaired) electrons. The van der Waals surface area contributed by atoms with Crippen molar-refractivity contribution in [2.24, 2.45) is 0 Å². The summed E-state index contributed by atoms with van der Waals surface area (Å²) in [5.41, 5.74) is 2.07. The number of amides is 1. The average molecular weight is 621 g/mol. The number of nitrogens with one attached hydrogen (secondary N) is 1. The Morgan fingerprint density at radius 2 is 1.60 bits per heavy atom. The van der Waals surface area contributed by atoms with E-state index in [0.29, 0.717) is 29.3 Å². The number of hydrogen-bond acceptors (Lipinski definition) is 7. The van der Waals surface area contributed by atoms with E-state index in [1.54, 1.807) is 0 Å². The number of halogens is 1. The number of carbonyl (C=O) groups excluding carboxylic acids is 1. The molecule has 8 nitrogen and oxygen atoms in total. The van der Waals surface area contributed by atoms with Gasteiger partial charge in [-0.3, -0.25) is 4.79 Å². The van der Waals surface area contributed by atoms with Crippen molar-refractivity contribution in [3.8, 4) is 0 Å². The Bertz CT molecular complexity index is 1520. The topological polar surface area (TPSA) is 89.7 Å². The van der Waals surface area contributed by atoms with Crippen molar-refractivity contribution in [2.45, 2.75) is 78.4 Å². The number of carbonyl (C=O) groups is 1. The van der Waals surface area contributed by atoms with Crippen LogP contribution in [0.2, 0.25) is 10.1 Å². The van der Waals surface area contributed by atoms with Crippen LogP contribution in [-0.4, -0.2) is 55.7 Å². The Morgan fingerprint density at radius 1 is 1.05 bits per heavy atom. The van der Waals surface area contributed by atoms with Crippen LogP contribution in [-0.2, 0) is 15.8 Å². The Labute approximate surface area is 259 Å². The highest BCUT2D eigenvalue weighted by Crippen LogP contribution is 2.41. The van der Waals surface area contributed by atoms with Gasteiger partial charge in [-0.05, 0) is 43.1 Å². The van der Waals surface area contributed by atoms with Gasteiger partial charge in [0, 0.05) is 19.1 Å². The van der Waals surface area contributed by atoms with Gasteiger partial charge in [-0.25, -0.2) is 4.98 Å². The summed E-state index contributed by atoms with van der Waals surface area (Å²) < 4.78 is 19.0. The van der Waals surface area contributed by atoms with Gasteiger partial charge in [0.05, 0.1) is 30.2 Å². The van der Waals surface area contributed by atoms with Crippen LogP contribution in [0.5, 0.6) is 0 Å². The molecule has 4 aromatic rings. The van der Waals surface area contributed by atoms with E-state index in [0.717, 1.165) is 16.1 Å². The van der Waals surface area contributed by atoms with E-state index in [2.05, 4.69) is 84.7 Å². The number of hydrogen-bond donors (Lipinski definition) is 1. The summed E-state index contributed by atoms with van der Waals surface area (Å²) in [5, 5.41) is 9.45. The first kappa shape index (κ1) is 31.2. The molecule has 2 aromatic carbocycles. The van der Waals surface area contributed by atoms with Gasteiger partial charge in [-0.15, -0.1) is 0 Å². The van der Waals surface area contributed by atoms with E-state index in [1.807, 2.05) is 39.8 Å². The summed E-state index contributed by atoms with van der Waals surface area (Å²) in [6.07, 6.45) is -0.0221. The van der Waals surface area contributed by atoms with E-state index in [1.165, 1.54) is 0 Å². The molecule has 1 aliphatic rings. The van der Waals surface area contributed by atoms with Crippen LogP contribution in [0.3, 0.4) is 0 Å². The second-order valence-corrected chi connectivity index (χ2v) is 17.4. The van der Waals surface area contributed by atoms with E-state index < -0.39 is 8.32 Å². The lowest BCUT2D eigenvalue weighted by atomic mass is 10.1. The zero-order valence-electron chi connectivity index (χ0n) is 26.0. The standard InChI is InChI=1S/C33H41ClN4O4Si/c1-21(2)35-32(39)29-28-31(42-37-29)27(34)30(38-18-22(3)41-23(4)19-38)26(36-28)20-40-43(33(5,6)7,24-14-10-8-11-15-24)25-16-12-9-13-17-25/h8-17,21-23H,18-20H2,1-7H3,(H,35,39)/t22-,23+. The van der Waals surface area contributed by atoms with Gasteiger partial charge >= 0.3 is 0 Å². The molecular formula is C33H41ClN4O4Si. The number of anilines is 1. The molecule has 10 heteroatoms. The van der Waals surface area contributed by atoms with Crippen molar-refractivity contribution >= 4 is 53.0 Å². The number of nitrogens with zero attached hydrogens (tertiary/aromatic N) is 3. The lowest BCUT2D eigenvalue weighted by molar-refractivity contribution is -0.00532. The normalized spacial score (nSPS) is 17.9. The average Bonchev–Trinajstić information content (AvgIpc) is 3.37. The number of morpholine rings is 1.